The fourth-order valence-corrected chi connectivity index (χ4v) is 2.15. The summed E-state index contributed by atoms with van der Waals surface area (Å²) in [5.74, 6) is -1.92. The van der Waals surface area contributed by atoms with Crippen LogP contribution in [-0.2, 0) is 4.79 Å². The van der Waals surface area contributed by atoms with Crippen LogP contribution in [0.15, 0.2) is 46.9 Å². The minimum atomic E-state index is -0.899. The van der Waals surface area contributed by atoms with Crippen LogP contribution in [0.3, 0.4) is 0 Å². The van der Waals surface area contributed by atoms with Gasteiger partial charge in [0.15, 0.2) is 11.6 Å². The minimum Gasteiger partial charge on any atom is -0.505 e. The maximum absolute atomic E-state index is 13.4. The van der Waals surface area contributed by atoms with Gasteiger partial charge in [-0.3, -0.25) is 4.79 Å². The molecule has 4 nitrogen and oxygen atoms in total. The molecule has 0 aromatic heterocycles. The van der Waals surface area contributed by atoms with Gasteiger partial charge < -0.3 is 16.2 Å². The Morgan fingerprint density at radius 2 is 2.00 bits per heavy atom. The number of rotatable bonds is 4. The van der Waals surface area contributed by atoms with Gasteiger partial charge in [0.1, 0.15) is 6.04 Å². The number of amides is 1. The topological polar surface area (TPSA) is 75.4 Å². The van der Waals surface area contributed by atoms with E-state index in [-0.39, 0.29) is 0 Å². The smallest absolute Gasteiger partial charge is 0.244 e. The van der Waals surface area contributed by atoms with Crippen LogP contribution in [0.4, 0.5) is 10.1 Å². The molecule has 2 aromatic rings. The molecule has 0 saturated heterocycles. The van der Waals surface area contributed by atoms with E-state index in [0.717, 1.165) is 10.5 Å². The number of primary amides is 1. The lowest BCUT2D eigenvalue weighted by molar-refractivity contribution is -0.118. The van der Waals surface area contributed by atoms with Crippen molar-refractivity contribution in [2.45, 2.75) is 6.04 Å². The highest BCUT2D eigenvalue weighted by atomic mass is 79.9. The van der Waals surface area contributed by atoms with Crippen molar-refractivity contribution < 1.29 is 14.3 Å². The molecule has 1 atom stereocenters. The fourth-order valence-electron chi connectivity index (χ4n) is 1.76. The van der Waals surface area contributed by atoms with Gasteiger partial charge in [-0.25, -0.2) is 4.39 Å². The predicted octanol–water partition coefficient (Wildman–Crippen LogP) is 2.93. The summed E-state index contributed by atoms with van der Waals surface area (Å²) in [7, 11) is 0. The summed E-state index contributed by atoms with van der Waals surface area (Å²) in [6.07, 6.45) is 0. The third kappa shape index (κ3) is 3.08. The highest BCUT2D eigenvalue weighted by Crippen LogP contribution is 2.28. The zero-order chi connectivity index (χ0) is 14.7. The van der Waals surface area contributed by atoms with E-state index in [2.05, 4.69) is 21.2 Å². The molecule has 2 rings (SSSR count). The van der Waals surface area contributed by atoms with Crippen LogP contribution in [0.2, 0.25) is 0 Å². The van der Waals surface area contributed by atoms with E-state index in [1.165, 1.54) is 12.1 Å². The first-order valence-corrected chi connectivity index (χ1v) is 6.57. The lowest BCUT2D eigenvalue weighted by Gasteiger charge is -2.18. The maximum Gasteiger partial charge on any atom is 0.244 e. The lowest BCUT2D eigenvalue weighted by Crippen LogP contribution is -2.27. The van der Waals surface area contributed by atoms with E-state index in [4.69, 9.17) is 5.73 Å². The highest BCUT2D eigenvalue weighted by Gasteiger charge is 2.19. The van der Waals surface area contributed by atoms with Crippen molar-refractivity contribution in [2.24, 2.45) is 5.73 Å². The molecule has 0 radical (unpaired) electrons. The normalized spacial score (nSPS) is 11.9. The molecule has 4 N–H and O–H groups in total. The van der Waals surface area contributed by atoms with E-state index in [9.17, 15) is 14.3 Å². The lowest BCUT2D eigenvalue weighted by atomic mass is 10.1. The molecule has 0 aliphatic carbocycles. The summed E-state index contributed by atoms with van der Waals surface area (Å²) < 4.78 is 14.1. The second kappa shape index (κ2) is 5.92. The monoisotopic (exact) mass is 338 g/mol. The van der Waals surface area contributed by atoms with Gasteiger partial charge in [-0.2, -0.15) is 0 Å². The number of carbonyl (C=O) groups excluding carboxylic acids is 1. The van der Waals surface area contributed by atoms with Gasteiger partial charge in [0, 0.05) is 10.2 Å². The Balaban J connectivity index is 2.34. The Labute approximate surface area is 123 Å². The molecule has 0 fully saturated rings. The number of phenolic OH excluding ortho intramolecular Hbond substituents is 1. The first-order valence-electron chi connectivity index (χ1n) is 5.78. The minimum absolute atomic E-state index is 0.337. The largest absolute Gasteiger partial charge is 0.505 e. The van der Waals surface area contributed by atoms with Gasteiger partial charge >= 0.3 is 0 Å². The summed E-state index contributed by atoms with van der Waals surface area (Å²) >= 11 is 3.34. The molecule has 0 saturated carbocycles. The van der Waals surface area contributed by atoms with Crippen LogP contribution in [0.1, 0.15) is 11.6 Å². The molecule has 104 valence electrons. The first kappa shape index (κ1) is 14.3. The van der Waals surface area contributed by atoms with E-state index < -0.39 is 23.5 Å². The number of para-hydroxylation sites is 1. The number of benzene rings is 2. The quantitative estimate of drug-likeness (QED) is 0.802. The van der Waals surface area contributed by atoms with Crippen molar-refractivity contribution in [2.75, 3.05) is 5.32 Å². The summed E-state index contributed by atoms with van der Waals surface area (Å²) in [4.78, 5) is 11.6. The van der Waals surface area contributed by atoms with Crippen LogP contribution >= 0.6 is 15.9 Å². The van der Waals surface area contributed by atoms with Crippen LogP contribution in [0.25, 0.3) is 0 Å². The second-order valence-electron chi connectivity index (χ2n) is 4.17. The Hall–Kier alpha value is -2.08. The number of carbonyl (C=O) groups is 1. The van der Waals surface area contributed by atoms with Crippen molar-refractivity contribution >= 4 is 27.5 Å². The number of halogens is 2. The molecule has 1 unspecified atom stereocenters. The Kier molecular flexibility index (Phi) is 4.24. The molecule has 0 aliphatic rings. The standard InChI is InChI=1S/C14H12BrFN2O2/c15-9-3-1-2-4-11(9)18-13(14(17)20)8-5-6-12(19)10(16)7-8/h1-7,13,18-19H,(H2,17,20). The zero-order valence-corrected chi connectivity index (χ0v) is 11.9. The van der Waals surface area contributed by atoms with Gasteiger partial charge in [0.05, 0.1) is 0 Å². The Bertz CT molecular complexity index is 649. The predicted molar refractivity (Wildman–Crippen MR) is 77.8 cm³/mol. The van der Waals surface area contributed by atoms with Crippen molar-refractivity contribution in [3.63, 3.8) is 0 Å². The van der Waals surface area contributed by atoms with E-state index in [0.29, 0.717) is 11.3 Å². The van der Waals surface area contributed by atoms with Crippen LogP contribution in [0.5, 0.6) is 5.75 Å². The maximum atomic E-state index is 13.4. The Morgan fingerprint density at radius 3 is 2.60 bits per heavy atom. The molecular weight excluding hydrogens is 327 g/mol. The average molecular weight is 339 g/mol. The first-order chi connectivity index (χ1) is 9.49. The molecule has 2 aromatic carbocycles. The summed E-state index contributed by atoms with van der Waals surface area (Å²) in [5.41, 5.74) is 6.35. The number of nitrogens with two attached hydrogens (primary N) is 1. The average Bonchev–Trinajstić information content (AvgIpc) is 2.41. The molecule has 0 bridgehead atoms. The van der Waals surface area contributed by atoms with Gasteiger partial charge in [-0.15, -0.1) is 0 Å². The SMILES string of the molecule is NC(=O)C(Nc1ccccc1Br)c1ccc(O)c(F)c1. The Morgan fingerprint density at radius 1 is 1.30 bits per heavy atom. The van der Waals surface area contributed by atoms with Crippen molar-refractivity contribution in [1.82, 2.24) is 0 Å². The number of aromatic hydroxyl groups is 1. The van der Waals surface area contributed by atoms with E-state index in [1.807, 2.05) is 6.07 Å². The number of hydrogen-bond acceptors (Lipinski definition) is 3. The molecule has 0 aliphatic heterocycles. The molecule has 1 amide bonds. The highest BCUT2D eigenvalue weighted by molar-refractivity contribution is 9.10. The van der Waals surface area contributed by atoms with Crippen molar-refractivity contribution in [3.8, 4) is 5.75 Å². The van der Waals surface area contributed by atoms with E-state index in [1.54, 1.807) is 18.2 Å². The third-order valence-electron chi connectivity index (χ3n) is 2.76. The van der Waals surface area contributed by atoms with Crippen molar-refractivity contribution in [3.05, 3.63) is 58.3 Å². The molecule has 20 heavy (non-hydrogen) atoms. The number of hydrogen-bond donors (Lipinski definition) is 3. The van der Waals surface area contributed by atoms with Crippen LogP contribution in [0, 0.1) is 5.82 Å². The fraction of sp³-hybridized carbons (Fsp3) is 0.0714. The van der Waals surface area contributed by atoms with E-state index >= 15 is 0 Å². The van der Waals surface area contributed by atoms with Crippen molar-refractivity contribution in [1.29, 1.82) is 0 Å². The van der Waals surface area contributed by atoms with Gasteiger partial charge in [0.25, 0.3) is 0 Å². The molecular formula is C14H12BrFN2O2. The zero-order valence-electron chi connectivity index (χ0n) is 10.3. The van der Waals surface area contributed by atoms with Crippen LogP contribution < -0.4 is 11.1 Å². The summed E-state index contributed by atoms with van der Waals surface area (Å²) in [5, 5.41) is 12.1. The summed E-state index contributed by atoms with van der Waals surface area (Å²) in [6, 6.07) is 9.99. The van der Waals surface area contributed by atoms with Crippen LogP contribution in [-0.4, -0.2) is 11.0 Å². The summed E-state index contributed by atoms with van der Waals surface area (Å²) in [6.45, 7) is 0. The van der Waals surface area contributed by atoms with Gasteiger partial charge in [-0.05, 0) is 45.8 Å². The third-order valence-corrected chi connectivity index (χ3v) is 3.45. The number of phenols is 1. The van der Waals surface area contributed by atoms with Gasteiger partial charge in [-0.1, -0.05) is 18.2 Å². The number of nitrogens with one attached hydrogen (secondary N) is 1. The molecule has 0 heterocycles. The molecule has 6 heteroatoms. The molecule has 0 spiro atoms. The van der Waals surface area contributed by atoms with Gasteiger partial charge in [0.2, 0.25) is 5.91 Å². The second-order valence-corrected chi connectivity index (χ2v) is 5.02. The number of anilines is 1.